The van der Waals surface area contributed by atoms with Gasteiger partial charge in [0, 0.05) is 17.5 Å². The number of rotatable bonds is 5. The van der Waals surface area contributed by atoms with Crippen LogP contribution in [-0.2, 0) is 11.2 Å². The molecule has 2 aromatic rings. The highest BCUT2D eigenvalue weighted by Gasteiger charge is 2.59. The maximum Gasteiger partial charge on any atom is 0.226 e. The number of hydrogen-bond donors (Lipinski definition) is 2. The molecule has 2 fully saturated rings. The molecule has 6 nitrogen and oxygen atoms in total. The maximum absolute atomic E-state index is 12.6. The summed E-state index contributed by atoms with van der Waals surface area (Å²) < 4.78 is 0. The molecule has 176 valence electrons. The Balaban J connectivity index is 1.37. The highest BCUT2D eigenvalue weighted by Crippen LogP contribution is 2.64. The average molecular weight is 488 g/mol. The van der Waals surface area contributed by atoms with Gasteiger partial charge >= 0.3 is 0 Å². The molecule has 3 aliphatic carbocycles. The number of nitroso groups, excluding NO2 is 1. The molecule has 6 atom stereocenters. The van der Waals surface area contributed by atoms with E-state index in [0.717, 1.165) is 49.0 Å². The van der Waals surface area contributed by atoms with Gasteiger partial charge in [-0.25, -0.2) is 4.98 Å². The van der Waals surface area contributed by atoms with Gasteiger partial charge in [0.25, 0.3) is 0 Å². The highest BCUT2D eigenvalue weighted by molar-refractivity contribution is 7.15. The Hall–Kier alpha value is -1.99. The van der Waals surface area contributed by atoms with Crippen LogP contribution in [0.25, 0.3) is 0 Å². The van der Waals surface area contributed by atoms with E-state index in [0.29, 0.717) is 40.2 Å². The number of phenols is 1. The number of benzene rings is 1. The summed E-state index contributed by atoms with van der Waals surface area (Å²) in [5.41, 5.74) is 2.22. The zero-order valence-electron chi connectivity index (χ0n) is 19.0. The number of thiazole rings is 1. The second kappa shape index (κ2) is 8.66. The number of amides is 1. The van der Waals surface area contributed by atoms with Crippen molar-refractivity contribution in [2.24, 2.45) is 28.3 Å². The first-order valence-corrected chi connectivity index (χ1v) is 13.1. The van der Waals surface area contributed by atoms with E-state index in [2.05, 4.69) is 22.4 Å². The fraction of sp³-hybridized carbons (Fsp3) is 0.600. The number of aromatic nitrogens is 1. The van der Waals surface area contributed by atoms with Crippen LogP contribution in [0.4, 0.5) is 5.13 Å². The summed E-state index contributed by atoms with van der Waals surface area (Å²) in [5.74, 6) is 1.61. The fourth-order valence-corrected chi connectivity index (χ4v) is 8.19. The van der Waals surface area contributed by atoms with Crippen LogP contribution in [-0.4, -0.2) is 22.0 Å². The molecule has 0 aliphatic heterocycles. The molecule has 0 bridgehead atoms. The van der Waals surface area contributed by atoms with E-state index in [1.54, 1.807) is 12.3 Å². The van der Waals surface area contributed by atoms with Crippen molar-refractivity contribution in [3.05, 3.63) is 44.3 Å². The second-order valence-electron chi connectivity index (χ2n) is 10.3. The van der Waals surface area contributed by atoms with Gasteiger partial charge in [-0.15, -0.1) is 11.3 Å². The number of nitrogens with one attached hydrogen (secondary N) is 1. The van der Waals surface area contributed by atoms with E-state index in [1.807, 2.05) is 13.0 Å². The summed E-state index contributed by atoms with van der Waals surface area (Å²) in [5, 5.41) is 17.7. The Morgan fingerprint density at radius 1 is 1.39 bits per heavy atom. The van der Waals surface area contributed by atoms with Crippen molar-refractivity contribution in [2.45, 2.75) is 70.8 Å². The summed E-state index contributed by atoms with van der Waals surface area (Å²) >= 11 is 7.93. The van der Waals surface area contributed by atoms with Crippen LogP contribution in [0.1, 0.15) is 67.4 Å². The van der Waals surface area contributed by atoms with E-state index in [-0.39, 0.29) is 23.1 Å². The first-order chi connectivity index (χ1) is 15.8. The van der Waals surface area contributed by atoms with Gasteiger partial charge in [-0.2, -0.15) is 4.91 Å². The third kappa shape index (κ3) is 3.87. The molecule has 0 saturated heterocycles. The number of nitrogens with zero attached hydrogens (tertiary/aromatic N) is 2. The van der Waals surface area contributed by atoms with Crippen LogP contribution in [0.15, 0.2) is 23.5 Å². The molecular formula is C25H30ClN3O3S. The van der Waals surface area contributed by atoms with Gasteiger partial charge in [0.2, 0.25) is 5.91 Å². The number of phenolic OH excluding ortho intramolecular Hbond substituents is 1. The topological polar surface area (TPSA) is 91.7 Å². The lowest BCUT2D eigenvalue weighted by Gasteiger charge is -2.51. The molecule has 0 spiro atoms. The SMILES string of the molecule is Cc1cnc(NC(=O)CCC2CC(N=O)C3(C)CCC4c5ccc(O)c(Cl)c5CCC4C23)s1. The molecule has 1 aromatic carbocycles. The van der Waals surface area contributed by atoms with Crippen LogP contribution >= 0.6 is 22.9 Å². The lowest BCUT2D eigenvalue weighted by Crippen LogP contribution is -2.45. The minimum atomic E-state index is -0.192. The quantitative estimate of drug-likeness (QED) is 0.474. The van der Waals surface area contributed by atoms with Gasteiger partial charge in [0.15, 0.2) is 5.13 Å². The molecule has 5 rings (SSSR count). The van der Waals surface area contributed by atoms with E-state index in [1.165, 1.54) is 16.9 Å². The first-order valence-electron chi connectivity index (χ1n) is 11.9. The van der Waals surface area contributed by atoms with Crippen LogP contribution in [0.3, 0.4) is 0 Å². The molecule has 33 heavy (non-hydrogen) atoms. The molecule has 2 saturated carbocycles. The number of aromatic hydroxyl groups is 1. The Morgan fingerprint density at radius 3 is 2.94 bits per heavy atom. The molecule has 2 N–H and O–H groups in total. The summed E-state index contributed by atoms with van der Waals surface area (Å²) in [7, 11) is 0. The van der Waals surface area contributed by atoms with Crippen LogP contribution < -0.4 is 5.32 Å². The molecule has 8 heteroatoms. The third-order valence-corrected chi connectivity index (χ3v) is 9.90. The van der Waals surface area contributed by atoms with Gasteiger partial charge in [0.1, 0.15) is 5.75 Å². The van der Waals surface area contributed by atoms with Crippen molar-refractivity contribution in [1.82, 2.24) is 4.98 Å². The van der Waals surface area contributed by atoms with Gasteiger partial charge in [0.05, 0.1) is 11.1 Å². The number of carbonyl (C=O) groups excluding carboxylic acids is 1. The molecule has 1 heterocycles. The van der Waals surface area contributed by atoms with Crippen molar-refractivity contribution in [3.8, 4) is 5.75 Å². The van der Waals surface area contributed by atoms with E-state index >= 15 is 0 Å². The minimum Gasteiger partial charge on any atom is -0.506 e. The monoisotopic (exact) mass is 487 g/mol. The molecule has 0 radical (unpaired) electrons. The Bertz CT molecular complexity index is 1090. The molecular weight excluding hydrogens is 458 g/mol. The Kier molecular flexibility index (Phi) is 5.98. The lowest BCUT2D eigenvalue weighted by molar-refractivity contribution is -0.116. The second-order valence-corrected chi connectivity index (χ2v) is 11.9. The number of fused-ring (bicyclic) bond motifs is 5. The van der Waals surface area contributed by atoms with Crippen LogP contribution in [0.2, 0.25) is 5.02 Å². The van der Waals surface area contributed by atoms with Crippen molar-refractivity contribution < 1.29 is 9.90 Å². The largest absolute Gasteiger partial charge is 0.506 e. The zero-order chi connectivity index (χ0) is 23.3. The smallest absolute Gasteiger partial charge is 0.226 e. The molecule has 1 aromatic heterocycles. The van der Waals surface area contributed by atoms with E-state index in [9.17, 15) is 14.8 Å². The Morgan fingerprint density at radius 2 is 2.21 bits per heavy atom. The predicted octanol–water partition coefficient (Wildman–Crippen LogP) is 6.45. The predicted molar refractivity (Wildman–Crippen MR) is 131 cm³/mol. The van der Waals surface area contributed by atoms with Gasteiger partial charge in [-0.1, -0.05) is 29.8 Å². The van der Waals surface area contributed by atoms with Gasteiger partial charge in [-0.3, -0.25) is 4.79 Å². The van der Waals surface area contributed by atoms with E-state index < -0.39 is 0 Å². The molecule has 1 amide bonds. The first kappa shape index (κ1) is 22.8. The van der Waals surface area contributed by atoms with Gasteiger partial charge < -0.3 is 10.4 Å². The van der Waals surface area contributed by atoms with Crippen molar-refractivity contribution >= 4 is 34.0 Å². The van der Waals surface area contributed by atoms with Gasteiger partial charge in [-0.05, 0) is 91.7 Å². The molecule has 3 aliphatic rings. The van der Waals surface area contributed by atoms with Crippen LogP contribution in [0, 0.1) is 35.0 Å². The number of anilines is 1. The normalized spacial score (nSPS) is 32.5. The Labute approximate surface area is 203 Å². The molecule has 6 unspecified atom stereocenters. The summed E-state index contributed by atoms with van der Waals surface area (Å²) in [6.45, 7) is 4.22. The number of aryl methyl sites for hydroxylation is 1. The lowest BCUT2D eigenvalue weighted by atomic mass is 9.53. The average Bonchev–Trinajstić information content (AvgIpc) is 3.33. The van der Waals surface area contributed by atoms with Crippen molar-refractivity contribution in [3.63, 3.8) is 0 Å². The standard InChI is InChI=1S/C25H30ClN3O3S/c1-13-12-27-24(33-13)28-21(31)8-3-14-11-20(29-32)25(2)10-9-16-15-6-7-19(30)23(26)18(15)5-4-17(16)22(14)25/h6-7,12,14,16-17,20,22,30H,3-5,8-11H2,1-2H3,(H,27,28,31). The highest BCUT2D eigenvalue weighted by atomic mass is 35.5. The number of halogens is 1. The summed E-state index contributed by atoms with van der Waals surface area (Å²) in [6, 6.07) is 3.56. The number of carbonyl (C=O) groups is 1. The van der Waals surface area contributed by atoms with Crippen LogP contribution in [0.5, 0.6) is 5.75 Å². The van der Waals surface area contributed by atoms with E-state index in [4.69, 9.17) is 11.6 Å². The minimum absolute atomic E-state index is 0.0165. The maximum atomic E-state index is 12.6. The summed E-state index contributed by atoms with van der Waals surface area (Å²) in [6.07, 6.45) is 7.51. The fourth-order valence-electron chi connectivity index (χ4n) is 7.24. The third-order valence-electron chi connectivity index (χ3n) is 8.65. The zero-order valence-corrected chi connectivity index (χ0v) is 20.6. The summed E-state index contributed by atoms with van der Waals surface area (Å²) in [4.78, 5) is 29.8. The van der Waals surface area contributed by atoms with Crippen molar-refractivity contribution in [1.29, 1.82) is 0 Å². The number of hydrogen-bond acceptors (Lipinski definition) is 6. The van der Waals surface area contributed by atoms with Crippen molar-refractivity contribution in [2.75, 3.05) is 5.32 Å².